The fraction of sp³-hybridized carbons (Fsp3) is 0.467. The molecule has 1 aliphatic rings. The van der Waals surface area contributed by atoms with Crippen molar-refractivity contribution in [3.8, 4) is 0 Å². The van der Waals surface area contributed by atoms with E-state index in [-0.39, 0.29) is 5.91 Å². The Morgan fingerprint density at radius 2 is 2.19 bits per heavy atom. The number of carbonyl (C=O) groups excluding carboxylic acids is 1. The minimum absolute atomic E-state index is 0.143. The molecule has 0 spiro atoms. The normalized spacial score (nSPS) is 16.0. The fourth-order valence-electron chi connectivity index (χ4n) is 2.38. The molecule has 1 saturated heterocycles. The van der Waals surface area contributed by atoms with E-state index in [4.69, 9.17) is 0 Å². The number of nitrogens with one attached hydrogen (secondary N) is 3. The summed E-state index contributed by atoms with van der Waals surface area (Å²) < 4.78 is 0. The number of carbonyl (C=O) groups is 1. The minimum atomic E-state index is -0.143. The van der Waals surface area contributed by atoms with Gasteiger partial charge in [-0.3, -0.25) is 14.7 Å². The summed E-state index contributed by atoms with van der Waals surface area (Å²) >= 11 is 0. The number of hydrogen-bond acceptors (Lipinski definition) is 5. The molecule has 114 valence electrons. The second-order valence-electron chi connectivity index (χ2n) is 5.05. The van der Waals surface area contributed by atoms with Crippen molar-refractivity contribution in [2.45, 2.75) is 26.3 Å². The molecule has 0 aromatic carbocycles. The minimum Gasteiger partial charge on any atom is -0.308 e. The maximum absolute atomic E-state index is 12.2. The molecule has 1 aliphatic heterocycles. The Labute approximate surface area is 125 Å². The average Bonchev–Trinajstić information content (AvgIpc) is 3.00. The van der Waals surface area contributed by atoms with E-state index < -0.39 is 0 Å². The predicted octanol–water partition coefficient (Wildman–Crippen LogP) is 0.992. The highest BCUT2D eigenvalue weighted by Crippen LogP contribution is 2.12. The van der Waals surface area contributed by atoms with Crippen molar-refractivity contribution in [3.05, 3.63) is 41.5 Å². The lowest BCUT2D eigenvalue weighted by atomic mass is 10.2. The Hall–Kier alpha value is -1.92. The van der Waals surface area contributed by atoms with Crippen molar-refractivity contribution in [1.82, 2.24) is 26.1 Å². The van der Waals surface area contributed by atoms with E-state index in [2.05, 4.69) is 26.1 Å². The lowest BCUT2D eigenvalue weighted by Crippen LogP contribution is -2.37. The molecule has 6 heteroatoms. The van der Waals surface area contributed by atoms with Crippen LogP contribution in [0.2, 0.25) is 0 Å². The fourth-order valence-corrected chi connectivity index (χ4v) is 2.38. The van der Waals surface area contributed by atoms with Crippen molar-refractivity contribution >= 4 is 5.91 Å². The molecule has 21 heavy (non-hydrogen) atoms. The van der Waals surface area contributed by atoms with E-state index in [1.54, 1.807) is 25.4 Å². The van der Waals surface area contributed by atoms with Gasteiger partial charge in [-0.25, -0.2) is 5.43 Å². The Morgan fingerprint density at radius 1 is 1.43 bits per heavy atom. The van der Waals surface area contributed by atoms with Crippen LogP contribution in [0.15, 0.2) is 30.2 Å². The lowest BCUT2D eigenvalue weighted by Gasteiger charge is -2.15. The molecule has 0 bridgehead atoms. The second-order valence-corrected chi connectivity index (χ2v) is 5.05. The molecule has 0 unspecified atom stereocenters. The van der Waals surface area contributed by atoms with E-state index >= 15 is 0 Å². The number of rotatable bonds is 6. The number of aromatic nitrogens is 1. The molecule has 0 saturated carbocycles. The van der Waals surface area contributed by atoms with Crippen LogP contribution < -0.4 is 16.2 Å². The third-order valence-electron chi connectivity index (χ3n) is 3.46. The van der Waals surface area contributed by atoms with Crippen LogP contribution in [-0.2, 0) is 6.54 Å². The van der Waals surface area contributed by atoms with E-state index in [0.717, 1.165) is 25.3 Å². The zero-order valence-electron chi connectivity index (χ0n) is 12.6. The van der Waals surface area contributed by atoms with Crippen LogP contribution in [0.3, 0.4) is 0 Å². The van der Waals surface area contributed by atoms with Crippen LogP contribution in [-0.4, -0.2) is 35.9 Å². The second kappa shape index (κ2) is 7.75. The summed E-state index contributed by atoms with van der Waals surface area (Å²) in [4.78, 5) is 18.9. The van der Waals surface area contributed by atoms with Crippen molar-refractivity contribution in [1.29, 1.82) is 0 Å². The van der Waals surface area contributed by atoms with E-state index in [1.807, 2.05) is 13.0 Å². The summed E-state index contributed by atoms with van der Waals surface area (Å²) in [5.74, 6) is 0.483. The first-order valence-electron chi connectivity index (χ1n) is 7.30. The zero-order chi connectivity index (χ0) is 15.1. The van der Waals surface area contributed by atoms with Crippen molar-refractivity contribution in [2.24, 2.45) is 0 Å². The van der Waals surface area contributed by atoms with Crippen LogP contribution in [0.5, 0.6) is 0 Å². The topological polar surface area (TPSA) is 69.3 Å². The number of pyridine rings is 1. The highest BCUT2D eigenvalue weighted by Gasteiger charge is 2.14. The molecule has 1 fully saturated rings. The molecule has 1 aromatic heterocycles. The summed E-state index contributed by atoms with van der Waals surface area (Å²) in [6, 6.07) is 3.59. The molecule has 1 amide bonds. The maximum atomic E-state index is 12.2. The van der Waals surface area contributed by atoms with E-state index in [0.29, 0.717) is 11.4 Å². The largest absolute Gasteiger partial charge is 0.308 e. The zero-order valence-corrected chi connectivity index (χ0v) is 12.6. The summed E-state index contributed by atoms with van der Waals surface area (Å²) in [5, 5.41) is 2.81. The Kier molecular flexibility index (Phi) is 5.71. The van der Waals surface area contributed by atoms with Gasteiger partial charge in [-0.05, 0) is 51.1 Å². The van der Waals surface area contributed by atoms with Gasteiger partial charge in [0.15, 0.2) is 0 Å². The Bertz CT molecular complexity index is 509. The first-order chi connectivity index (χ1) is 10.2. The number of amides is 1. The average molecular weight is 289 g/mol. The number of likely N-dealkylation sites (tertiary alicyclic amines) is 1. The van der Waals surface area contributed by atoms with Gasteiger partial charge in [-0.15, -0.1) is 0 Å². The lowest BCUT2D eigenvalue weighted by molar-refractivity contribution is 0.0962. The summed E-state index contributed by atoms with van der Waals surface area (Å²) in [5.41, 5.74) is 7.20. The van der Waals surface area contributed by atoms with Crippen molar-refractivity contribution < 1.29 is 4.79 Å². The first kappa shape index (κ1) is 15.5. The van der Waals surface area contributed by atoms with Crippen molar-refractivity contribution in [3.63, 3.8) is 0 Å². The third-order valence-corrected chi connectivity index (χ3v) is 3.46. The van der Waals surface area contributed by atoms with Crippen molar-refractivity contribution in [2.75, 3.05) is 20.1 Å². The predicted molar refractivity (Wildman–Crippen MR) is 82.2 cm³/mol. The molecule has 2 rings (SSSR count). The van der Waals surface area contributed by atoms with Gasteiger partial charge in [-0.2, -0.15) is 0 Å². The molecule has 6 nitrogen and oxygen atoms in total. The van der Waals surface area contributed by atoms with Gasteiger partial charge in [0.05, 0.1) is 5.69 Å². The molecular weight excluding hydrogens is 266 g/mol. The van der Waals surface area contributed by atoms with Crippen LogP contribution in [0.4, 0.5) is 0 Å². The number of hydrogen-bond donors (Lipinski definition) is 3. The molecule has 0 radical (unpaired) electrons. The summed E-state index contributed by atoms with van der Waals surface area (Å²) in [7, 11) is 1.75. The van der Waals surface area contributed by atoms with Gasteiger partial charge in [-0.1, -0.05) is 0 Å². The van der Waals surface area contributed by atoms with E-state index in [1.165, 1.54) is 12.8 Å². The summed E-state index contributed by atoms with van der Waals surface area (Å²) in [6.07, 6.45) is 5.99. The molecule has 2 heterocycles. The van der Waals surface area contributed by atoms with Gasteiger partial charge in [0.1, 0.15) is 5.82 Å². The van der Waals surface area contributed by atoms with Gasteiger partial charge in [0, 0.05) is 25.4 Å². The van der Waals surface area contributed by atoms with E-state index in [9.17, 15) is 4.79 Å². The molecular formula is C15H23N5O. The standard InChI is InChI=1S/C15H23N5O/c1-3-14(19-16-2)18-15(21)12-6-7-17-13(10-12)11-20-8-4-5-9-20/h3,6-7,10,16,19H,4-5,8-9,11H2,1-2H3,(H,18,21)/b14-3-. The highest BCUT2D eigenvalue weighted by molar-refractivity contribution is 5.95. The smallest absolute Gasteiger partial charge is 0.256 e. The van der Waals surface area contributed by atoms with Gasteiger partial charge < -0.3 is 10.7 Å². The Morgan fingerprint density at radius 3 is 2.86 bits per heavy atom. The number of nitrogens with zero attached hydrogens (tertiary/aromatic N) is 2. The Balaban J connectivity index is 2.00. The maximum Gasteiger partial charge on any atom is 0.256 e. The molecule has 1 aromatic rings. The van der Waals surface area contributed by atoms with Gasteiger partial charge >= 0.3 is 0 Å². The molecule has 0 atom stereocenters. The van der Waals surface area contributed by atoms with Gasteiger partial charge in [0.25, 0.3) is 5.91 Å². The molecule has 0 aliphatic carbocycles. The van der Waals surface area contributed by atoms with Gasteiger partial charge in [0.2, 0.25) is 0 Å². The van der Waals surface area contributed by atoms with Crippen LogP contribution in [0, 0.1) is 0 Å². The van der Waals surface area contributed by atoms with Crippen LogP contribution in [0.1, 0.15) is 35.8 Å². The highest BCUT2D eigenvalue weighted by atomic mass is 16.1. The summed E-state index contributed by atoms with van der Waals surface area (Å²) in [6.45, 7) is 4.90. The number of hydrazine groups is 1. The monoisotopic (exact) mass is 289 g/mol. The van der Waals surface area contributed by atoms with Crippen LogP contribution in [0.25, 0.3) is 0 Å². The number of allylic oxidation sites excluding steroid dienone is 1. The first-order valence-corrected chi connectivity index (χ1v) is 7.30. The molecule has 3 N–H and O–H groups in total. The quantitative estimate of drug-likeness (QED) is 0.682. The third kappa shape index (κ3) is 4.54. The van der Waals surface area contributed by atoms with Crippen LogP contribution >= 0.6 is 0 Å². The SMILES string of the molecule is C/C=C(\NNC)NC(=O)c1ccnc(CN2CCCC2)c1.